The maximum absolute atomic E-state index is 8.81. The van der Waals surface area contributed by atoms with Gasteiger partial charge in [-0.25, -0.2) is 4.98 Å². The molecular weight excluding hydrogens is 205 g/mol. The highest BCUT2D eigenvalue weighted by Crippen LogP contribution is 2.08. The van der Waals surface area contributed by atoms with E-state index in [-0.39, 0.29) is 5.79 Å². The fourth-order valence-corrected chi connectivity index (χ4v) is 1.64. The van der Waals surface area contributed by atoms with Crippen LogP contribution in [0.3, 0.4) is 0 Å². The summed E-state index contributed by atoms with van der Waals surface area (Å²) in [5.74, 6) is -0.0130. The second-order valence-electron chi connectivity index (χ2n) is 4.07. The largest absolute Gasteiger partial charge is 0.548 e. The average molecular weight is 225 g/mol. The molecule has 0 saturated carbocycles. The maximum atomic E-state index is 8.81. The van der Waals surface area contributed by atoms with E-state index in [9.17, 15) is 0 Å². The number of aryl methyl sites for hydroxylation is 1. The fraction of sp³-hybridized carbons (Fsp3) is 0.727. The summed E-state index contributed by atoms with van der Waals surface area (Å²) in [6.07, 6.45) is 9.77. The molecule has 1 aromatic heterocycles. The van der Waals surface area contributed by atoms with Crippen molar-refractivity contribution >= 4 is 12.9 Å². The van der Waals surface area contributed by atoms with Crippen LogP contribution in [-0.2, 0) is 6.42 Å². The van der Waals surface area contributed by atoms with E-state index >= 15 is 0 Å². The molecule has 2 N–H and O–H groups in total. The highest BCUT2D eigenvalue weighted by molar-refractivity contribution is 6.55. The van der Waals surface area contributed by atoms with E-state index in [2.05, 4.69) is 11.9 Å². The van der Waals surface area contributed by atoms with Crippen LogP contribution in [0, 0.1) is 0 Å². The third kappa shape index (κ3) is 4.81. The maximum Gasteiger partial charge on any atom is 0.548 e. The van der Waals surface area contributed by atoms with Crippen LogP contribution in [0.25, 0.3) is 0 Å². The molecule has 0 aliphatic carbocycles. The van der Waals surface area contributed by atoms with E-state index in [4.69, 9.17) is 14.5 Å². The highest BCUT2D eigenvalue weighted by atomic mass is 16.4. The third-order valence-electron chi connectivity index (χ3n) is 2.58. The quantitative estimate of drug-likeness (QED) is 0.516. The van der Waals surface area contributed by atoms with E-state index in [1.165, 1.54) is 38.4 Å². The molecular formula is C11H20BNO3. The molecule has 0 bridgehead atoms. The molecule has 16 heavy (non-hydrogen) atoms. The van der Waals surface area contributed by atoms with Crippen LogP contribution in [0.2, 0.25) is 0 Å². The van der Waals surface area contributed by atoms with Crippen LogP contribution >= 0.6 is 0 Å². The van der Waals surface area contributed by atoms with E-state index in [0.717, 1.165) is 18.5 Å². The first-order valence-electron chi connectivity index (χ1n) is 6.04. The predicted molar refractivity (Wildman–Crippen MR) is 63.4 cm³/mol. The summed E-state index contributed by atoms with van der Waals surface area (Å²) in [7, 11) is -1.60. The summed E-state index contributed by atoms with van der Waals surface area (Å²) in [4.78, 5) is 3.98. The van der Waals surface area contributed by atoms with Crippen LogP contribution in [0.4, 0.5) is 0 Å². The molecule has 4 nitrogen and oxygen atoms in total. The lowest BCUT2D eigenvalue weighted by Crippen LogP contribution is -2.30. The van der Waals surface area contributed by atoms with Gasteiger partial charge in [-0.1, -0.05) is 39.0 Å². The Hall–Kier alpha value is -0.805. The van der Waals surface area contributed by atoms with Gasteiger partial charge in [0, 0.05) is 0 Å². The van der Waals surface area contributed by atoms with Crippen LogP contribution in [0.5, 0.6) is 0 Å². The van der Waals surface area contributed by atoms with Crippen molar-refractivity contribution in [3.05, 3.63) is 12.0 Å². The minimum Gasteiger partial charge on any atom is -0.452 e. The number of unbranched alkanes of at least 4 members (excludes halogenated alkanes) is 5. The Labute approximate surface area is 96.8 Å². The molecule has 90 valence electrons. The van der Waals surface area contributed by atoms with Crippen LogP contribution in [0.1, 0.15) is 51.1 Å². The van der Waals surface area contributed by atoms with Crippen molar-refractivity contribution in [1.29, 1.82) is 0 Å². The Morgan fingerprint density at radius 1 is 1.19 bits per heavy atom. The Kier molecular flexibility index (Phi) is 6.19. The minimum atomic E-state index is -1.60. The van der Waals surface area contributed by atoms with Crippen molar-refractivity contribution in [3.63, 3.8) is 0 Å². The second-order valence-corrected chi connectivity index (χ2v) is 4.07. The number of aromatic nitrogens is 1. The summed E-state index contributed by atoms with van der Waals surface area (Å²) in [5, 5.41) is 17.6. The summed E-state index contributed by atoms with van der Waals surface area (Å²) in [6, 6.07) is 0. The first kappa shape index (κ1) is 13.3. The van der Waals surface area contributed by atoms with Gasteiger partial charge in [0.1, 0.15) is 6.26 Å². The number of hydrogen-bond acceptors (Lipinski definition) is 4. The molecule has 0 aliphatic heterocycles. The van der Waals surface area contributed by atoms with Gasteiger partial charge >= 0.3 is 7.12 Å². The van der Waals surface area contributed by atoms with Gasteiger partial charge in [0.25, 0.3) is 0 Å². The molecule has 0 unspecified atom stereocenters. The molecule has 0 atom stereocenters. The fourth-order valence-electron chi connectivity index (χ4n) is 1.64. The summed E-state index contributed by atoms with van der Waals surface area (Å²) >= 11 is 0. The molecule has 0 aliphatic rings. The van der Waals surface area contributed by atoms with Gasteiger partial charge in [0.15, 0.2) is 0 Å². The monoisotopic (exact) mass is 225 g/mol. The Bertz CT molecular complexity index is 289. The average Bonchev–Trinajstić information content (AvgIpc) is 2.72. The molecule has 0 radical (unpaired) electrons. The zero-order chi connectivity index (χ0) is 11.8. The second kappa shape index (κ2) is 7.47. The number of rotatable bonds is 8. The number of hydrogen-bond donors (Lipinski definition) is 2. The van der Waals surface area contributed by atoms with Crippen molar-refractivity contribution in [2.45, 2.75) is 51.9 Å². The Balaban J connectivity index is 2.12. The topological polar surface area (TPSA) is 66.5 Å². The first-order chi connectivity index (χ1) is 7.74. The summed E-state index contributed by atoms with van der Waals surface area (Å²) < 4.78 is 4.91. The lowest BCUT2D eigenvalue weighted by atomic mass is 9.92. The third-order valence-corrected chi connectivity index (χ3v) is 2.58. The van der Waals surface area contributed by atoms with Crippen LogP contribution < -0.4 is 5.79 Å². The minimum absolute atomic E-state index is 0.0130. The normalized spacial score (nSPS) is 10.7. The van der Waals surface area contributed by atoms with Gasteiger partial charge in [-0.2, -0.15) is 0 Å². The van der Waals surface area contributed by atoms with Gasteiger partial charge in [-0.3, -0.25) is 0 Å². The molecule has 0 aromatic carbocycles. The SMILES string of the molecule is CCCCCCCCc1coc(B(O)O)n1. The smallest absolute Gasteiger partial charge is 0.452 e. The number of oxazole rings is 1. The van der Waals surface area contributed by atoms with Gasteiger partial charge in [0.2, 0.25) is 5.79 Å². The molecule has 0 spiro atoms. The van der Waals surface area contributed by atoms with Crippen molar-refractivity contribution < 1.29 is 14.5 Å². The standard InChI is InChI=1S/C11H20BNO3/c1-2-3-4-5-6-7-8-10-9-16-11(13-10)12(14)15/h9,14-15H,2-8H2,1H3. The summed E-state index contributed by atoms with van der Waals surface area (Å²) in [5.41, 5.74) is 0.804. The van der Waals surface area contributed by atoms with Gasteiger partial charge in [-0.05, 0) is 12.8 Å². The molecule has 0 saturated heterocycles. The van der Waals surface area contributed by atoms with Crippen LogP contribution in [-0.4, -0.2) is 22.2 Å². The highest BCUT2D eigenvalue weighted by Gasteiger charge is 2.17. The Morgan fingerprint density at radius 3 is 2.50 bits per heavy atom. The van der Waals surface area contributed by atoms with Gasteiger partial charge in [0.05, 0.1) is 5.69 Å². The zero-order valence-electron chi connectivity index (χ0n) is 9.85. The predicted octanol–water partition coefficient (Wildman–Crippen LogP) is 1.26. The van der Waals surface area contributed by atoms with Gasteiger partial charge in [-0.15, -0.1) is 0 Å². The molecule has 1 aromatic rings. The van der Waals surface area contributed by atoms with Crippen molar-refractivity contribution in [2.24, 2.45) is 0 Å². The van der Waals surface area contributed by atoms with Crippen LogP contribution in [0.15, 0.2) is 10.7 Å². The van der Waals surface area contributed by atoms with E-state index in [0.29, 0.717) is 0 Å². The van der Waals surface area contributed by atoms with E-state index in [1.807, 2.05) is 0 Å². The molecule has 5 heteroatoms. The lowest BCUT2D eigenvalue weighted by Gasteiger charge is -1.98. The number of nitrogens with zero attached hydrogens (tertiary/aromatic N) is 1. The van der Waals surface area contributed by atoms with E-state index < -0.39 is 7.12 Å². The van der Waals surface area contributed by atoms with Crippen molar-refractivity contribution in [1.82, 2.24) is 4.98 Å². The zero-order valence-corrected chi connectivity index (χ0v) is 9.85. The Morgan fingerprint density at radius 2 is 1.88 bits per heavy atom. The van der Waals surface area contributed by atoms with Crippen molar-refractivity contribution in [2.75, 3.05) is 0 Å². The summed E-state index contributed by atoms with van der Waals surface area (Å²) in [6.45, 7) is 2.21. The lowest BCUT2D eigenvalue weighted by molar-refractivity contribution is 0.406. The molecule has 1 rings (SSSR count). The van der Waals surface area contributed by atoms with Gasteiger partial charge < -0.3 is 14.5 Å². The molecule has 1 heterocycles. The first-order valence-corrected chi connectivity index (χ1v) is 6.04. The molecule has 0 amide bonds. The van der Waals surface area contributed by atoms with Crippen molar-refractivity contribution in [3.8, 4) is 0 Å². The molecule has 0 fully saturated rings. The van der Waals surface area contributed by atoms with E-state index in [1.54, 1.807) is 0 Å².